The topological polar surface area (TPSA) is 89.2 Å². The Kier molecular flexibility index (Phi) is 4.36. The lowest BCUT2D eigenvalue weighted by molar-refractivity contribution is 0.585. The van der Waals surface area contributed by atoms with Crippen LogP contribution in [0.25, 0.3) is 0 Å². The fraction of sp³-hybridized carbons (Fsp3) is 0.667. The van der Waals surface area contributed by atoms with Crippen LogP contribution < -0.4 is 10.6 Å². The highest BCUT2D eigenvalue weighted by atomic mass is 32.2. The molecule has 1 aromatic rings. The molecular formula is C12H20N4O2S. The lowest BCUT2D eigenvalue weighted by Crippen LogP contribution is -2.41. The fourth-order valence-corrected chi connectivity index (χ4v) is 3.18. The molecule has 1 aromatic heterocycles. The molecule has 0 aromatic carbocycles. The highest BCUT2D eigenvalue weighted by Gasteiger charge is 2.23. The maximum Gasteiger partial charge on any atom is 0.225 e. The Labute approximate surface area is 114 Å². The van der Waals surface area contributed by atoms with E-state index in [9.17, 15) is 8.42 Å². The molecule has 2 heterocycles. The lowest BCUT2D eigenvalue weighted by atomic mass is 10.1. The van der Waals surface area contributed by atoms with Crippen molar-refractivity contribution in [1.82, 2.24) is 9.97 Å². The molecule has 0 aliphatic carbocycles. The molecule has 0 radical (unpaired) electrons. The first kappa shape index (κ1) is 14.2. The molecule has 1 aliphatic rings. The highest BCUT2D eigenvalue weighted by molar-refractivity contribution is 7.91. The Hall–Kier alpha value is -1.21. The summed E-state index contributed by atoms with van der Waals surface area (Å²) < 4.78 is 22.7. The average Bonchev–Trinajstić information content (AvgIpc) is 2.40. The van der Waals surface area contributed by atoms with Gasteiger partial charge < -0.3 is 10.6 Å². The number of hydrogen-bond donors (Lipinski definition) is 1. The number of rotatable bonds is 4. The van der Waals surface area contributed by atoms with E-state index in [1.165, 1.54) is 0 Å². The van der Waals surface area contributed by atoms with Gasteiger partial charge >= 0.3 is 0 Å². The molecule has 1 fully saturated rings. The van der Waals surface area contributed by atoms with E-state index < -0.39 is 9.84 Å². The molecule has 1 saturated heterocycles. The van der Waals surface area contributed by atoms with Crippen molar-refractivity contribution in [1.29, 1.82) is 0 Å². The van der Waals surface area contributed by atoms with Gasteiger partial charge in [-0.3, -0.25) is 0 Å². The standard InChI is InChI=1S/C12H20N4O2S/c1-2-11(13)7-10-8-14-12(15-9-10)16-3-5-19(17,18)6-4-16/h8-9,11H,2-7,13H2,1H3. The summed E-state index contributed by atoms with van der Waals surface area (Å²) in [5.74, 6) is 0.959. The summed E-state index contributed by atoms with van der Waals surface area (Å²) in [6, 6.07) is 0.134. The van der Waals surface area contributed by atoms with Crippen LogP contribution in [0.3, 0.4) is 0 Å². The third-order valence-corrected chi connectivity index (χ3v) is 4.95. The summed E-state index contributed by atoms with van der Waals surface area (Å²) in [4.78, 5) is 10.5. The predicted octanol–water partition coefficient (Wildman–Crippen LogP) is -0.00880. The summed E-state index contributed by atoms with van der Waals surface area (Å²) in [5.41, 5.74) is 6.90. The Balaban J connectivity index is 1.99. The maximum atomic E-state index is 11.4. The van der Waals surface area contributed by atoms with Crippen LogP contribution in [-0.2, 0) is 16.3 Å². The van der Waals surface area contributed by atoms with Crippen molar-refractivity contribution in [2.75, 3.05) is 29.5 Å². The number of hydrogen-bond acceptors (Lipinski definition) is 6. The van der Waals surface area contributed by atoms with Crippen molar-refractivity contribution in [3.8, 4) is 0 Å². The third kappa shape index (κ3) is 3.87. The molecule has 0 spiro atoms. The lowest BCUT2D eigenvalue weighted by Gasteiger charge is -2.26. The smallest absolute Gasteiger partial charge is 0.225 e. The minimum absolute atomic E-state index is 0.134. The summed E-state index contributed by atoms with van der Waals surface area (Å²) in [6.07, 6.45) is 5.25. The van der Waals surface area contributed by atoms with E-state index in [4.69, 9.17) is 5.73 Å². The molecule has 0 bridgehead atoms. The first-order chi connectivity index (χ1) is 9.00. The minimum atomic E-state index is -2.86. The van der Waals surface area contributed by atoms with Gasteiger partial charge in [-0.2, -0.15) is 0 Å². The molecule has 6 nitrogen and oxygen atoms in total. The van der Waals surface area contributed by atoms with Crippen LogP contribution in [0.4, 0.5) is 5.95 Å². The molecule has 0 saturated carbocycles. The van der Waals surface area contributed by atoms with E-state index in [2.05, 4.69) is 9.97 Å². The van der Waals surface area contributed by atoms with Gasteiger partial charge in [0.15, 0.2) is 9.84 Å². The number of nitrogens with zero attached hydrogens (tertiary/aromatic N) is 3. The van der Waals surface area contributed by atoms with E-state index in [-0.39, 0.29) is 17.5 Å². The second-order valence-corrected chi connectivity index (χ2v) is 7.21. The molecule has 106 valence electrons. The van der Waals surface area contributed by atoms with Crippen molar-refractivity contribution in [2.24, 2.45) is 5.73 Å². The van der Waals surface area contributed by atoms with Crippen molar-refractivity contribution in [3.63, 3.8) is 0 Å². The molecule has 7 heteroatoms. The molecule has 1 unspecified atom stereocenters. The van der Waals surface area contributed by atoms with Crippen molar-refractivity contribution < 1.29 is 8.42 Å². The zero-order chi connectivity index (χ0) is 13.9. The molecule has 2 rings (SSSR count). The van der Waals surface area contributed by atoms with Gasteiger partial charge in [-0.15, -0.1) is 0 Å². The normalized spacial score (nSPS) is 20.2. The van der Waals surface area contributed by atoms with Gasteiger partial charge in [0.1, 0.15) is 0 Å². The highest BCUT2D eigenvalue weighted by Crippen LogP contribution is 2.12. The first-order valence-corrected chi connectivity index (χ1v) is 8.34. The number of nitrogens with two attached hydrogens (primary N) is 1. The Morgan fingerprint density at radius 1 is 1.32 bits per heavy atom. The number of sulfone groups is 1. The van der Waals surface area contributed by atoms with Gasteiger partial charge in [0, 0.05) is 31.5 Å². The van der Waals surface area contributed by atoms with Gasteiger partial charge in [0.05, 0.1) is 11.5 Å². The van der Waals surface area contributed by atoms with Crippen LogP contribution in [0, 0.1) is 0 Å². The van der Waals surface area contributed by atoms with Gasteiger partial charge in [-0.25, -0.2) is 18.4 Å². The Morgan fingerprint density at radius 3 is 2.42 bits per heavy atom. The third-order valence-electron chi connectivity index (χ3n) is 3.34. The minimum Gasteiger partial charge on any atom is -0.339 e. The average molecular weight is 284 g/mol. The monoisotopic (exact) mass is 284 g/mol. The van der Waals surface area contributed by atoms with E-state index in [0.717, 1.165) is 18.4 Å². The van der Waals surface area contributed by atoms with Crippen LogP contribution in [-0.4, -0.2) is 49.0 Å². The molecule has 1 atom stereocenters. The van der Waals surface area contributed by atoms with Crippen molar-refractivity contribution in [3.05, 3.63) is 18.0 Å². The van der Waals surface area contributed by atoms with Crippen LogP contribution >= 0.6 is 0 Å². The first-order valence-electron chi connectivity index (χ1n) is 6.52. The molecule has 2 N–H and O–H groups in total. The van der Waals surface area contributed by atoms with Crippen LogP contribution in [0.15, 0.2) is 12.4 Å². The Bertz CT molecular complexity index is 501. The maximum absolute atomic E-state index is 11.4. The molecule has 19 heavy (non-hydrogen) atoms. The quantitative estimate of drug-likeness (QED) is 0.836. The fourth-order valence-electron chi connectivity index (χ4n) is 1.98. The van der Waals surface area contributed by atoms with E-state index in [1.807, 2.05) is 11.8 Å². The van der Waals surface area contributed by atoms with Gasteiger partial charge in [0.25, 0.3) is 0 Å². The Morgan fingerprint density at radius 2 is 1.89 bits per heavy atom. The molecule has 1 aliphatic heterocycles. The van der Waals surface area contributed by atoms with Crippen molar-refractivity contribution in [2.45, 2.75) is 25.8 Å². The molecular weight excluding hydrogens is 264 g/mol. The van der Waals surface area contributed by atoms with Crippen LogP contribution in [0.2, 0.25) is 0 Å². The summed E-state index contributed by atoms with van der Waals surface area (Å²) in [6.45, 7) is 2.99. The summed E-state index contributed by atoms with van der Waals surface area (Å²) in [5, 5.41) is 0. The summed E-state index contributed by atoms with van der Waals surface area (Å²) >= 11 is 0. The molecule has 0 amide bonds. The van der Waals surface area contributed by atoms with E-state index >= 15 is 0 Å². The van der Waals surface area contributed by atoms with Crippen LogP contribution in [0.5, 0.6) is 0 Å². The summed E-state index contributed by atoms with van der Waals surface area (Å²) in [7, 11) is -2.86. The zero-order valence-electron chi connectivity index (χ0n) is 11.1. The van der Waals surface area contributed by atoms with E-state index in [1.54, 1.807) is 12.4 Å². The predicted molar refractivity (Wildman–Crippen MR) is 74.9 cm³/mol. The largest absolute Gasteiger partial charge is 0.339 e. The second-order valence-electron chi connectivity index (χ2n) is 4.90. The van der Waals surface area contributed by atoms with Gasteiger partial charge in [-0.05, 0) is 18.4 Å². The number of anilines is 1. The van der Waals surface area contributed by atoms with E-state index in [0.29, 0.717) is 19.0 Å². The van der Waals surface area contributed by atoms with Gasteiger partial charge in [0.2, 0.25) is 5.95 Å². The number of aromatic nitrogens is 2. The van der Waals surface area contributed by atoms with Crippen molar-refractivity contribution >= 4 is 15.8 Å². The van der Waals surface area contributed by atoms with Crippen LogP contribution in [0.1, 0.15) is 18.9 Å². The SMILES string of the molecule is CCC(N)Cc1cnc(N2CCS(=O)(=O)CC2)nc1. The second kappa shape index (κ2) is 5.83. The van der Waals surface area contributed by atoms with Gasteiger partial charge in [-0.1, -0.05) is 6.92 Å². The zero-order valence-corrected chi connectivity index (χ0v) is 11.9.